The van der Waals surface area contributed by atoms with Crippen LogP contribution in [0.15, 0.2) is 29.9 Å². The van der Waals surface area contributed by atoms with E-state index in [9.17, 15) is 8.78 Å². The molecule has 1 aromatic carbocycles. The van der Waals surface area contributed by atoms with Crippen LogP contribution in [0, 0.1) is 0 Å². The van der Waals surface area contributed by atoms with E-state index < -0.39 is 12.2 Å². The van der Waals surface area contributed by atoms with Gasteiger partial charge >= 0.3 is 6.61 Å². The van der Waals surface area contributed by atoms with Gasteiger partial charge in [-0.1, -0.05) is 23.8 Å². The molecule has 0 aromatic heterocycles. The highest BCUT2D eigenvalue weighted by Gasteiger charge is 2.30. The van der Waals surface area contributed by atoms with Crippen molar-refractivity contribution in [3.05, 3.63) is 41.0 Å². The molecule has 5 heteroatoms. The number of hydrogen-bond donors (Lipinski definition) is 1. The van der Waals surface area contributed by atoms with Crippen LogP contribution >= 0.6 is 0 Å². The smallest absolute Gasteiger partial charge is 0.387 e. The van der Waals surface area contributed by atoms with Crippen molar-refractivity contribution in [2.24, 2.45) is 0 Å². The summed E-state index contributed by atoms with van der Waals surface area (Å²) in [6.45, 7) is 3.74. The summed E-state index contributed by atoms with van der Waals surface area (Å²) in [5.74, 6) is 0.456. The van der Waals surface area contributed by atoms with Gasteiger partial charge in [0.25, 0.3) is 0 Å². The van der Waals surface area contributed by atoms with Crippen LogP contribution in [0.5, 0.6) is 11.5 Å². The van der Waals surface area contributed by atoms with E-state index in [0.717, 1.165) is 17.7 Å². The van der Waals surface area contributed by atoms with E-state index in [2.05, 4.69) is 23.1 Å². The molecular weight excluding hydrogens is 288 g/mol. The monoisotopic (exact) mass is 307 g/mol. The molecule has 2 aliphatic heterocycles. The number of nitrogens with one attached hydrogen (secondary N) is 1. The summed E-state index contributed by atoms with van der Waals surface area (Å²) >= 11 is 0. The number of halogens is 2. The summed E-state index contributed by atoms with van der Waals surface area (Å²) < 4.78 is 35.8. The predicted octanol–water partition coefficient (Wildman–Crippen LogP) is 4.06. The Morgan fingerprint density at radius 3 is 2.77 bits per heavy atom. The Labute approximate surface area is 128 Å². The Bertz CT molecular complexity index is 650. The average molecular weight is 307 g/mol. The molecule has 0 fully saturated rings. The molecule has 0 aliphatic carbocycles. The number of ether oxygens (including phenoxy) is 2. The Hall–Kier alpha value is -1.88. The largest absolute Gasteiger partial charge is 0.479 e. The lowest BCUT2D eigenvalue weighted by Gasteiger charge is -2.31. The Morgan fingerprint density at radius 1 is 1.36 bits per heavy atom. The van der Waals surface area contributed by atoms with Crippen LogP contribution in [0.25, 0.3) is 6.08 Å². The fourth-order valence-corrected chi connectivity index (χ4v) is 2.87. The third-order valence-corrected chi connectivity index (χ3v) is 3.94. The molecule has 1 atom stereocenters. The van der Waals surface area contributed by atoms with Crippen molar-refractivity contribution in [3.8, 4) is 11.5 Å². The third-order valence-electron chi connectivity index (χ3n) is 3.94. The van der Waals surface area contributed by atoms with Crippen molar-refractivity contribution in [1.82, 2.24) is 5.32 Å². The highest BCUT2D eigenvalue weighted by Crippen LogP contribution is 2.44. The molecular formula is C17H19F2NO2. The van der Waals surface area contributed by atoms with Crippen LogP contribution < -0.4 is 14.8 Å². The number of benzene rings is 1. The van der Waals surface area contributed by atoms with E-state index in [1.807, 2.05) is 32.1 Å². The zero-order valence-electron chi connectivity index (χ0n) is 12.8. The lowest BCUT2D eigenvalue weighted by molar-refractivity contribution is -0.0526. The molecule has 1 unspecified atom stereocenters. The summed E-state index contributed by atoms with van der Waals surface area (Å²) in [4.78, 5) is 0. The molecule has 0 saturated carbocycles. The van der Waals surface area contributed by atoms with Gasteiger partial charge in [-0.25, -0.2) is 0 Å². The minimum atomic E-state index is -2.88. The van der Waals surface area contributed by atoms with E-state index >= 15 is 0 Å². The summed E-state index contributed by atoms with van der Waals surface area (Å²) in [6, 6.07) is 3.45. The van der Waals surface area contributed by atoms with E-state index in [1.54, 1.807) is 6.07 Å². The van der Waals surface area contributed by atoms with Crippen LogP contribution in [0.1, 0.15) is 37.9 Å². The second-order valence-corrected chi connectivity index (χ2v) is 6.10. The van der Waals surface area contributed by atoms with Gasteiger partial charge in [0.05, 0.1) is 6.04 Å². The molecule has 22 heavy (non-hydrogen) atoms. The fraction of sp³-hybridized carbons (Fsp3) is 0.412. The summed E-state index contributed by atoms with van der Waals surface area (Å²) in [5, 5.41) is 3.38. The van der Waals surface area contributed by atoms with Crippen molar-refractivity contribution in [1.29, 1.82) is 0 Å². The van der Waals surface area contributed by atoms with Gasteiger partial charge in [-0.2, -0.15) is 8.78 Å². The first-order valence-electron chi connectivity index (χ1n) is 7.27. The summed E-state index contributed by atoms with van der Waals surface area (Å²) in [5.41, 5.74) is 2.46. The first kappa shape index (κ1) is 15.0. The fourth-order valence-electron chi connectivity index (χ4n) is 2.87. The molecule has 118 valence electrons. The highest BCUT2D eigenvalue weighted by molar-refractivity contribution is 5.70. The van der Waals surface area contributed by atoms with Gasteiger partial charge in [-0.3, -0.25) is 0 Å². The summed E-state index contributed by atoms with van der Waals surface area (Å²) in [7, 11) is 0. The van der Waals surface area contributed by atoms with Crippen molar-refractivity contribution in [2.75, 3.05) is 6.54 Å². The van der Waals surface area contributed by atoms with Crippen molar-refractivity contribution in [3.63, 3.8) is 0 Å². The van der Waals surface area contributed by atoms with Crippen LogP contribution in [0.3, 0.4) is 0 Å². The van der Waals surface area contributed by atoms with Gasteiger partial charge in [-0.05, 0) is 38.5 Å². The lowest BCUT2D eigenvalue weighted by atomic mass is 9.92. The Morgan fingerprint density at radius 2 is 2.14 bits per heavy atom. The molecule has 0 amide bonds. The number of alkyl halides is 2. The molecule has 3 rings (SSSR count). The topological polar surface area (TPSA) is 30.5 Å². The maximum atomic E-state index is 12.6. The van der Waals surface area contributed by atoms with Gasteiger partial charge in [-0.15, -0.1) is 0 Å². The maximum Gasteiger partial charge on any atom is 0.387 e. The molecule has 0 radical (unpaired) electrons. The molecule has 2 heterocycles. The zero-order chi connectivity index (χ0) is 15.9. The molecule has 3 nitrogen and oxygen atoms in total. The van der Waals surface area contributed by atoms with E-state index in [1.165, 1.54) is 5.57 Å². The molecule has 0 spiro atoms. The second-order valence-electron chi connectivity index (χ2n) is 6.10. The third kappa shape index (κ3) is 2.73. The second kappa shape index (κ2) is 5.39. The van der Waals surface area contributed by atoms with Crippen molar-refractivity contribution >= 4 is 6.08 Å². The van der Waals surface area contributed by atoms with Crippen LogP contribution in [-0.2, 0) is 0 Å². The molecule has 0 saturated heterocycles. The van der Waals surface area contributed by atoms with Gasteiger partial charge in [0.1, 0.15) is 5.60 Å². The molecule has 1 N–H and O–H groups in total. The minimum Gasteiger partial charge on any atom is -0.479 e. The minimum absolute atomic E-state index is 0.0730. The van der Waals surface area contributed by atoms with Gasteiger partial charge < -0.3 is 14.8 Å². The normalized spacial score (nSPS) is 22.3. The summed E-state index contributed by atoms with van der Waals surface area (Å²) in [6.07, 6.45) is 5.98. The van der Waals surface area contributed by atoms with Crippen LogP contribution in [-0.4, -0.2) is 18.8 Å². The molecule has 0 bridgehead atoms. The SMILES string of the molecule is CC1=CCNC1c1ccc(OC(F)F)c2c1C=CC(C)(C)O2. The van der Waals surface area contributed by atoms with Gasteiger partial charge in [0, 0.05) is 12.1 Å². The van der Waals surface area contributed by atoms with Gasteiger partial charge in [0.15, 0.2) is 11.5 Å². The zero-order valence-corrected chi connectivity index (χ0v) is 12.8. The average Bonchev–Trinajstić information content (AvgIpc) is 2.84. The Kier molecular flexibility index (Phi) is 3.68. The number of rotatable bonds is 3. The standard InChI is InChI=1S/C17H19F2NO2/c1-10-7-9-20-14(10)11-4-5-13(21-16(18)19)15-12(11)6-8-17(2,3)22-15/h4-8,14,16,20H,9H2,1-3H3. The quantitative estimate of drug-likeness (QED) is 0.854. The van der Waals surface area contributed by atoms with Crippen molar-refractivity contribution < 1.29 is 18.3 Å². The molecule has 1 aromatic rings. The van der Waals surface area contributed by atoms with Crippen molar-refractivity contribution in [2.45, 2.75) is 39.0 Å². The highest BCUT2D eigenvalue weighted by atomic mass is 19.3. The molecule has 2 aliphatic rings. The van der Waals surface area contributed by atoms with Crippen LogP contribution in [0.2, 0.25) is 0 Å². The van der Waals surface area contributed by atoms with E-state index in [0.29, 0.717) is 5.75 Å². The number of hydrogen-bond acceptors (Lipinski definition) is 3. The van der Waals surface area contributed by atoms with E-state index in [4.69, 9.17) is 4.74 Å². The number of fused-ring (bicyclic) bond motifs is 1. The van der Waals surface area contributed by atoms with Gasteiger partial charge in [0.2, 0.25) is 0 Å². The lowest BCUT2D eigenvalue weighted by Crippen LogP contribution is -2.29. The first-order valence-corrected chi connectivity index (χ1v) is 7.27. The maximum absolute atomic E-state index is 12.6. The van der Waals surface area contributed by atoms with Crippen LogP contribution in [0.4, 0.5) is 8.78 Å². The first-order chi connectivity index (χ1) is 10.4. The van der Waals surface area contributed by atoms with E-state index in [-0.39, 0.29) is 11.8 Å². The Balaban J connectivity index is 2.09. The predicted molar refractivity (Wildman–Crippen MR) is 81.3 cm³/mol.